The number of hydrogen-bond donors (Lipinski definition) is 0. The van der Waals surface area contributed by atoms with Crippen LogP contribution in [0.15, 0.2) is 113 Å². The summed E-state index contributed by atoms with van der Waals surface area (Å²) >= 11 is 1.87. The first kappa shape index (κ1) is 20.0. The van der Waals surface area contributed by atoms with Crippen LogP contribution in [-0.4, -0.2) is 4.98 Å². The first-order valence-electron chi connectivity index (χ1n) is 11.2. The van der Waals surface area contributed by atoms with Crippen LogP contribution >= 0.6 is 11.8 Å². The van der Waals surface area contributed by atoms with E-state index in [0.29, 0.717) is 0 Å². The van der Waals surface area contributed by atoms with Gasteiger partial charge in [-0.25, -0.2) is 0 Å². The third kappa shape index (κ3) is 3.39. The molecule has 0 aliphatic carbocycles. The van der Waals surface area contributed by atoms with Crippen LogP contribution in [0.2, 0.25) is 0 Å². The van der Waals surface area contributed by atoms with E-state index in [2.05, 4.69) is 117 Å². The highest BCUT2D eigenvalue weighted by atomic mass is 32.2. The maximum atomic E-state index is 4.87. The summed E-state index contributed by atoms with van der Waals surface area (Å²) in [4.78, 5) is 7.46. The molecule has 33 heavy (non-hydrogen) atoms. The van der Waals surface area contributed by atoms with Crippen LogP contribution in [-0.2, 0) is 0 Å². The Morgan fingerprint density at radius 3 is 2.12 bits per heavy atom. The molecule has 0 aliphatic rings. The van der Waals surface area contributed by atoms with E-state index in [1.54, 1.807) is 0 Å². The van der Waals surface area contributed by atoms with Crippen molar-refractivity contribution in [3.63, 3.8) is 0 Å². The maximum Gasteiger partial charge on any atom is 0.0708 e. The number of fused-ring (bicyclic) bond motifs is 4. The van der Waals surface area contributed by atoms with E-state index in [1.165, 1.54) is 59.0 Å². The normalized spacial score (nSPS) is 11.5. The van der Waals surface area contributed by atoms with Gasteiger partial charge in [-0.1, -0.05) is 102 Å². The lowest BCUT2D eigenvalue weighted by molar-refractivity contribution is 1.26. The van der Waals surface area contributed by atoms with Crippen LogP contribution in [0.4, 0.5) is 0 Å². The second kappa shape index (κ2) is 8.06. The van der Waals surface area contributed by atoms with Crippen molar-refractivity contribution in [2.24, 2.45) is 0 Å². The fourth-order valence-electron chi connectivity index (χ4n) is 4.80. The second-order valence-corrected chi connectivity index (χ2v) is 9.60. The largest absolute Gasteiger partial charge is 0.256 e. The molecule has 0 amide bonds. The lowest BCUT2D eigenvalue weighted by Gasteiger charge is -2.19. The van der Waals surface area contributed by atoms with Crippen LogP contribution in [0.25, 0.3) is 43.6 Å². The van der Waals surface area contributed by atoms with Crippen molar-refractivity contribution in [2.75, 3.05) is 0 Å². The quantitative estimate of drug-likeness (QED) is 0.201. The molecule has 6 aromatic rings. The Morgan fingerprint density at radius 1 is 0.636 bits per heavy atom. The zero-order chi connectivity index (χ0) is 22.4. The van der Waals surface area contributed by atoms with Gasteiger partial charge in [-0.05, 0) is 53.4 Å². The molecule has 0 saturated heterocycles. The second-order valence-electron chi connectivity index (χ2n) is 8.55. The Hall–Kier alpha value is -3.62. The summed E-state index contributed by atoms with van der Waals surface area (Å²) in [6.07, 6.45) is 2.07. The molecule has 1 nitrogen and oxygen atoms in total. The third-order valence-corrected chi connectivity index (χ3v) is 7.62. The van der Waals surface area contributed by atoms with Gasteiger partial charge < -0.3 is 0 Å². The molecule has 0 saturated carbocycles. The van der Waals surface area contributed by atoms with Gasteiger partial charge in [-0.15, -0.1) is 0 Å². The first-order chi connectivity index (χ1) is 16.2. The van der Waals surface area contributed by atoms with Gasteiger partial charge in [-0.2, -0.15) is 0 Å². The van der Waals surface area contributed by atoms with Gasteiger partial charge in [0.25, 0.3) is 0 Å². The molecule has 2 heteroatoms. The average molecular weight is 442 g/mol. The monoisotopic (exact) mass is 441 g/mol. The first-order valence-corrected chi connectivity index (χ1v) is 12.0. The molecule has 0 bridgehead atoms. The smallest absolute Gasteiger partial charge is 0.0708 e. The third-order valence-electron chi connectivity index (χ3n) is 6.32. The number of rotatable bonds is 3. The van der Waals surface area contributed by atoms with E-state index < -0.39 is 0 Å². The van der Waals surface area contributed by atoms with Crippen molar-refractivity contribution in [3.05, 3.63) is 114 Å². The van der Waals surface area contributed by atoms with E-state index in [0.717, 1.165) is 5.52 Å². The summed E-state index contributed by atoms with van der Waals surface area (Å²) in [7, 11) is 0. The minimum atomic E-state index is 1.03. The van der Waals surface area contributed by atoms with Crippen molar-refractivity contribution in [3.8, 4) is 11.1 Å². The highest BCUT2D eigenvalue weighted by Crippen LogP contribution is 2.47. The SMILES string of the molecule is Cc1ccc(Sc2c3ccccc3c(-c3ccccc3)c3cnc4ccccc4c23)c(C)c1. The Kier molecular flexibility index (Phi) is 4.89. The Morgan fingerprint density at radius 2 is 1.33 bits per heavy atom. The number of nitrogens with zero attached hydrogens (tertiary/aromatic N) is 1. The van der Waals surface area contributed by atoms with E-state index >= 15 is 0 Å². The lowest BCUT2D eigenvalue weighted by atomic mass is 9.91. The molecule has 158 valence electrons. The number of pyridine rings is 1. The van der Waals surface area contributed by atoms with Crippen LogP contribution in [0, 0.1) is 13.8 Å². The van der Waals surface area contributed by atoms with Crippen molar-refractivity contribution in [2.45, 2.75) is 23.6 Å². The van der Waals surface area contributed by atoms with E-state index in [-0.39, 0.29) is 0 Å². The van der Waals surface area contributed by atoms with Crippen LogP contribution in [0.1, 0.15) is 11.1 Å². The minimum Gasteiger partial charge on any atom is -0.256 e. The van der Waals surface area contributed by atoms with E-state index in [1.807, 2.05) is 11.8 Å². The molecule has 0 unspecified atom stereocenters. The Labute approximate surface area is 198 Å². The maximum absolute atomic E-state index is 4.87. The summed E-state index contributed by atoms with van der Waals surface area (Å²) in [5, 5.41) is 6.23. The van der Waals surface area contributed by atoms with Crippen molar-refractivity contribution < 1.29 is 0 Å². The zero-order valence-electron chi connectivity index (χ0n) is 18.7. The number of aryl methyl sites for hydroxylation is 2. The Bertz CT molecular complexity index is 1650. The molecule has 0 fully saturated rings. The highest BCUT2D eigenvalue weighted by Gasteiger charge is 2.19. The molecular formula is C31H23NS. The minimum absolute atomic E-state index is 1.03. The number of benzene rings is 5. The highest BCUT2D eigenvalue weighted by molar-refractivity contribution is 7.99. The summed E-state index contributed by atoms with van der Waals surface area (Å²) < 4.78 is 0. The molecule has 1 aromatic heterocycles. The van der Waals surface area contributed by atoms with Gasteiger partial charge in [0.2, 0.25) is 0 Å². The van der Waals surface area contributed by atoms with Crippen LogP contribution in [0.5, 0.6) is 0 Å². The van der Waals surface area contributed by atoms with E-state index in [9.17, 15) is 0 Å². The molecule has 0 aliphatic heterocycles. The van der Waals surface area contributed by atoms with Crippen molar-refractivity contribution >= 4 is 44.2 Å². The van der Waals surface area contributed by atoms with Gasteiger partial charge in [0.1, 0.15) is 0 Å². The average Bonchev–Trinajstić information content (AvgIpc) is 2.85. The van der Waals surface area contributed by atoms with Crippen molar-refractivity contribution in [1.82, 2.24) is 4.98 Å². The summed E-state index contributed by atoms with van der Waals surface area (Å²) in [6, 6.07) is 34.7. The molecule has 0 radical (unpaired) electrons. The van der Waals surface area contributed by atoms with Gasteiger partial charge in [0, 0.05) is 32.1 Å². The van der Waals surface area contributed by atoms with E-state index in [4.69, 9.17) is 4.98 Å². The zero-order valence-corrected chi connectivity index (χ0v) is 19.5. The molecule has 0 spiro atoms. The molecule has 0 N–H and O–H groups in total. The van der Waals surface area contributed by atoms with Gasteiger partial charge in [0.05, 0.1) is 5.52 Å². The number of aromatic nitrogens is 1. The standard InChI is InChI=1S/C31H23NS/c1-20-16-17-28(21(2)18-20)33-31-24-13-7-6-12-23(24)29(22-10-4-3-5-11-22)26-19-32-27-15-9-8-14-25(27)30(26)31/h3-19H,1-2H3. The molecule has 5 aromatic carbocycles. The predicted molar refractivity (Wildman–Crippen MR) is 142 cm³/mol. The van der Waals surface area contributed by atoms with Gasteiger partial charge in [0.15, 0.2) is 0 Å². The molecular weight excluding hydrogens is 418 g/mol. The predicted octanol–water partition coefficient (Wildman–Crippen LogP) is 8.98. The van der Waals surface area contributed by atoms with Crippen LogP contribution in [0.3, 0.4) is 0 Å². The Balaban J connectivity index is 1.79. The fourth-order valence-corrected chi connectivity index (χ4v) is 5.99. The topological polar surface area (TPSA) is 12.9 Å². The summed E-state index contributed by atoms with van der Waals surface area (Å²) in [5.74, 6) is 0. The van der Waals surface area contributed by atoms with Crippen LogP contribution < -0.4 is 0 Å². The van der Waals surface area contributed by atoms with Crippen molar-refractivity contribution in [1.29, 1.82) is 0 Å². The fraction of sp³-hybridized carbons (Fsp3) is 0.0645. The number of para-hydroxylation sites is 1. The summed E-state index contributed by atoms with van der Waals surface area (Å²) in [5.41, 5.74) is 6.11. The van der Waals surface area contributed by atoms with Gasteiger partial charge in [-0.3, -0.25) is 4.98 Å². The molecule has 6 rings (SSSR count). The lowest BCUT2D eigenvalue weighted by Crippen LogP contribution is -1.92. The number of hydrogen-bond acceptors (Lipinski definition) is 2. The molecule has 0 atom stereocenters. The summed E-state index contributed by atoms with van der Waals surface area (Å²) in [6.45, 7) is 4.36. The van der Waals surface area contributed by atoms with Gasteiger partial charge >= 0.3 is 0 Å². The molecule has 1 heterocycles.